The van der Waals surface area contributed by atoms with Gasteiger partial charge in [-0.25, -0.2) is 0 Å². The van der Waals surface area contributed by atoms with Gasteiger partial charge in [-0.2, -0.15) is 0 Å². The molecule has 5 heteroatoms. The van der Waals surface area contributed by atoms with Crippen LogP contribution in [0.15, 0.2) is 0 Å². The Morgan fingerprint density at radius 3 is 2.61 bits per heavy atom. The summed E-state index contributed by atoms with van der Waals surface area (Å²) in [5.74, 6) is -0.0296. The summed E-state index contributed by atoms with van der Waals surface area (Å²) in [6.07, 6.45) is 2.18. The number of ether oxygens (including phenoxy) is 1. The van der Waals surface area contributed by atoms with E-state index in [1.54, 1.807) is 0 Å². The van der Waals surface area contributed by atoms with E-state index >= 15 is 0 Å². The first-order valence-electron chi connectivity index (χ1n) is 6.81. The number of nitrogens with two attached hydrogens (primary N) is 1. The number of hydrogen-bond donors (Lipinski definition) is 2. The molecule has 1 saturated heterocycles. The van der Waals surface area contributed by atoms with Crippen LogP contribution in [0.4, 0.5) is 0 Å². The summed E-state index contributed by atoms with van der Waals surface area (Å²) in [5, 5.41) is 2.94. The fourth-order valence-electron chi connectivity index (χ4n) is 1.93. The topological polar surface area (TPSA) is 67.6 Å². The smallest absolute Gasteiger partial charge is 0.240 e. The molecule has 0 unspecified atom stereocenters. The van der Waals surface area contributed by atoms with Gasteiger partial charge in [0, 0.05) is 25.8 Å². The molecule has 1 aliphatic rings. The van der Waals surface area contributed by atoms with Crippen molar-refractivity contribution in [3.05, 3.63) is 0 Å². The molecule has 1 amide bonds. The molecule has 18 heavy (non-hydrogen) atoms. The van der Waals surface area contributed by atoms with Gasteiger partial charge in [-0.3, -0.25) is 4.79 Å². The minimum Gasteiger partial charge on any atom is -0.381 e. The Morgan fingerprint density at radius 2 is 2.06 bits per heavy atom. The van der Waals surface area contributed by atoms with Crippen LogP contribution in [-0.2, 0) is 9.53 Å². The van der Waals surface area contributed by atoms with Crippen molar-refractivity contribution in [3.8, 4) is 0 Å². The van der Waals surface area contributed by atoms with Gasteiger partial charge in [0.2, 0.25) is 5.91 Å². The van der Waals surface area contributed by atoms with E-state index < -0.39 is 5.54 Å². The summed E-state index contributed by atoms with van der Waals surface area (Å²) >= 11 is 0. The van der Waals surface area contributed by atoms with Crippen LogP contribution in [0.3, 0.4) is 0 Å². The lowest BCUT2D eigenvalue weighted by molar-refractivity contribution is -0.129. The third-order valence-electron chi connectivity index (χ3n) is 3.69. The summed E-state index contributed by atoms with van der Waals surface area (Å²) in [7, 11) is 2.09. The Balaban J connectivity index is 2.20. The molecule has 0 aromatic heterocycles. The van der Waals surface area contributed by atoms with Gasteiger partial charge < -0.3 is 20.7 Å². The highest BCUT2D eigenvalue weighted by Crippen LogP contribution is 2.17. The van der Waals surface area contributed by atoms with Crippen molar-refractivity contribution in [3.63, 3.8) is 0 Å². The molecule has 1 heterocycles. The molecule has 0 atom stereocenters. The van der Waals surface area contributed by atoms with E-state index in [0.29, 0.717) is 38.6 Å². The van der Waals surface area contributed by atoms with E-state index in [4.69, 9.17) is 10.5 Å². The Labute approximate surface area is 110 Å². The Bertz CT molecular complexity index is 263. The molecule has 0 aliphatic carbocycles. The molecule has 1 aliphatic heterocycles. The minimum absolute atomic E-state index is 0.0296. The van der Waals surface area contributed by atoms with Gasteiger partial charge >= 0.3 is 0 Å². The predicted molar refractivity (Wildman–Crippen MR) is 72.4 cm³/mol. The average Bonchev–Trinajstić information content (AvgIpc) is 2.34. The zero-order valence-corrected chi connectivity index (χ0v) is 11.9. The van der Waals surface area contributed by atoms with Crippen LogP contribution >= 0.6 is 0 Å². The molecular formula is C13H27N3O2. The molecule has 1 rings (SSSR count). The van der Waals surface area contributed by atoms with Gasteiger partial charge in [0.1, 0.15) is 0 Å². The third kappa shape index (κ3) is 4.55. The molecule has 5 nitrogen and oxygen atoms in total. The van der Waals surface area contributed by atoms with E-state index in [0.717, 1.165) is 13.0 Å². The maximum Gasteiger partial charge on any atom is 0.240 e. The Kier molecular flexibility index (Phi) is 6.05. The van der Waals surface area contributed by atoms with Crippen molar-refractivity contribution in [2.24, 2.45) is 5.73 Å². The summed E-state index contributed by atoms with van der Waals surface area (Å²) in [6, 6.07) is 0.539. The molecule has 106 valence electrons. The van der Waals surface area contributed by atoms with Crippen LogP contribution < -0.4 is 11.1 Å². The first kappa shape index (κ1) is 15.4. The molecule has 0 radical (unpaired) electrons. The number of nitrogens with one attached hydrogen (secondary N) is 1. The van der Waals surface area contributed by atoms with Gasteiger partial charge in [0.15, 0.2) is 0 Å². The normalized spacial score (nSPS) is 19.2. The number of nitrogens with zero attached hydrogens (tertiary/aromatic N) is 1. The monoisotopic (exact) mass is 257 g/mol. The summed E-state index contributed by atoms with van der Waals surface area (Å²) < 4.78 is 5.23. The zero-order valence-electron chi connectivity index (χ0n) is 11.9. The highest BCUT2D eigenvalue weighted by Gasteiger charge is 2.35. The first-order valence-corrected chi connectivity index (χ1v) is 6.81. The van der Waals surface area contributed by atoms with E-state index in [9.17, 15) is 4.79 Å². The second-order valence-corrected chi connectivity index (χ2v) is 5.45. The fourth-order valence-corrected chi connectivity index (χ4v) is 1.93. The maximum atomic E-state index is 12.0. The molecule has 0 spiro atoms. The number of rotatable bonds is 6. The van der Waals surface area contributed by atoms with Crippen molar-refractivity contribution in [1.82, 2.24) is 10.2 Å². The largest absolute Gasteiger partial charge is 0.381 e. The average molecular weight is 257 g/mol. The molecule has 0 bridgehead atoms. The lowest BCUT2D eigenvalue weighted by atomic mass is 9.90. The van der Waals surface area contributed by atoms with Crippen molar-refractivity contribution in [1.29, 1.82) is 0 Å². The zero-order chi connectivity index (χ0) is 13.6. The van der Waals surface area contributed by atoms with E-state index in [1.165, 1.54) is 0 Å². The van der Waals surface area contributed by atoms with Gasteiger partial charge in [0.25, 0.3) is 0 Å². The molecule has 3 N–H and O–H groups in total. The van der Waals surface area contributed by atoms with Crippen molar-refractivity contribution < 1.29 is 9.53 Å². The minimum atomic E-state index is -0.720. The Morgan fingerprint density at radius 1 is 1.44 bits per heavy atom. The highest BCUT2D eigenvalue weighted by atomic mass is 16.5. The van der Waals surface area contributed by atoms with Crippen molar-refractivity contribution >= 4 is 5.91 Å². The predicted octanol–water partition coefficient (Wildman–Crippen LogP) is 0.341. The lowest BCUT2D eigenvalue weighted by Gasteiger charge is -2.31. The SMILES string of the molecule is CC(C)N(C)CCCNC(=O)C1(N)CCOCC1. The second-order valence-electron chi connectivity index (χ2n) is 5.45. The number of carbonyl (C=O) groups excluding carboxylic acids is 1. The first-order chi connectivity index (χ1) is 8.46. The van der Waals surface area contributed by atoms with E-state index in [1.807, 2.05) is 0 Å². The third-order valence-corrected chi connectivity index (χ3v) is 3.69. The van der Waals surface area contributed by atoms with Crippen molar-refractivity contribution in [2.45, 2.75) is 44.7 Å². The molecular weight excluding hydrogens is 230 g/mol. The van der Waals surface area contributed by atoms with E-state index in [-0.39, 0.29) is 5.91 Å². The van der Waals surface area contributed by atoms with Gasteiger partial charge in [0.05, 0.1) is 5.54 Å². The second kappa shape index (κ2) is 7.07. The molecule has 0 saturated carbocycles. The quantitative estimate of drug-likeness (QED) is 0.673. The van der Waals surface area contributed by atoms with Crippen LogP contribution in [0.5, 0.6) is 0 Å². The summed E-state index contributed by atoms with van der Waals surface area (Å²) in [4.78, 5) is 14.3. The van der Waals surface area contributed by atoms with E-state index in [2.05, 4.69) is 31.1 Å². The standard InChI is InChI=1S/C13H27N3O2/c1-11(2)16(3)8-4-7-15-12(17)13(14)5-9-18-10-6-13/h11H,4-10,14H2,1-3H3,(H,15,17). The summed E-state index contributed by atoms with van der Waals surface area (Å²) in [5.41, 5.74) is 5.37. The fraction of sp³-hybridized carbons (Fsp3) is 0.923. The highest BCUT2D eigenvalue weighted by molar-refractivity contribution is 5.86. The van der Waals surface area contributed by atoms with Gasteiger partial charge in [-0.05, 0) is 46.7 Å². The molecule has 1 fully saturated rings. The van der Waals surface area contributed by atoms with Crippen LogP contribution in [0.2, 0.25) is 0 Å². The molecule has 0 aromatic carbocycles. The molecule has 0 aromatic rings. The Hall–Kier alpha value is -0.650. The maximum absolute atomic E-state index is 12.0. The van der Waals surface area contributed by atoms with Crippen LogP contribution in [0.1, 0.15) is 33.1 Å². The number of carbonyl (C=O) groups is 1. The number of amides is 1. The van der Waals surface area contributed by atoms with Crippen LogP contribution in [0.25, 0.3) is 0 Å². The van der Waals surface area contributed by atoms with Gasteiger partial charge in [-0.15, -0.1) is 0 Å². The van der Waals surface area contributed by atoms with Crippen molar-refractivity contribution in [2.75, 3.05) is 33.4 Å². The summed E-state index contributed by atoms with van der Waals surface area (Å²) in [6.45, 7) is 7.17. The van der Waals surface area contributed by atoms with Gasteiger partial charge in [-0.1, -0.05) is 0 Å². The number of hydrogen-bond acceptors (Lipinski definition) is 4. The van der Waals surface area contributed by atoms with Crippen LogP contribution in [-0.4, -0.2) is 55.7 Å². The lowest BCUT2D eigenvalue weighted by Crippen LogP contribution is -2.57. The van der Waals surface area contributed by atoms with Crippen LogP contribution in [0, 0.1) is 0 Å².